The summed E-state index contributed by atoms with van der Waals surface area (Å²) in [4.78, 5) is 2.46. The van der Waals surface area contributed by atoms with Crippen molar-refractivity contribution in [2.45, 2.75) is 26.4 Å². The Kier molecular flexibility index (Phi) is 6.26. The van der Waals surface area contributed by atoms with E-state index in [2.05, 4.69) is 23.1 Å². The minimum atomic E-state index is 0. The minimum Gasteiger partial charge on any atom is -0.383 e. The molecule has 1 atom stereocenters. The molecule has 0 aromatic carbocycles. The number of aromatic nitrogens is 2. The van der Waals surface area contributed by atoms with Gasteiger partial charge < -0.3 is 10.5 Å². The molecule has 110 valence electrons. The van der Waals surface area contributed by atoms with Crippen molar-refractivity contribution in [3.05, 3.63) is 18.0 Å². The van der Waals surface area contributed by atoms with E-state index in [1.165, 1.54) is 12.0 Å². The summed E-state index contributed by atoms with van der Waals surface area (Å²) >= 11 is 0. The lowest BCUT2D eigenvalue weighted by atomic mass is 9.90. The molecule has 0 saturated carbocycles. The number of methoxy groups -OCH3 is 1. The average molecular weight is 289 g/mol. The summed E-state index contributed by atoms with van der Waals surface area (Å²) in [7, 11) is 1.71. The van der Waals surface area contributed by atoms with E-state index in [0.717, 1.165) is 32.7 Å². The number of rotatable bonds is 6. The number of nitrogens with zero attached hydrogens (tertiary/aromatic N) is 3. The van der Waals surface area contributed by atoms with E-state index in [1.54, 1.807) is 7.11 Å². The molecule has 6 heteroatoms. The lowest BCUT2D eigenvalue weighted by Crippen LogP contribution is -2.31. The van der Waals surface area contributed by atoms with Crippen molar-refractivity contribution in [2.75, 3.05) is 33.4 Å². The van der Waals surface area contributed by atoms with Gasteiger partial charge >= 0.3 is 0 Å². The van der Waals surface area contributed by atoms with Crippen LogP contribution in [0.3, 0.4) is 0 Å². The third-order valence-electron chi connectivity index (χ3n) is 3.75. The molecule has 1 aliphatic heterocycles. The first kappa shape index (κ1) is 16.4. The summed E-state index contributed by atoms with van der Waals surface area (Å²) in [5.41, 5.74) is 7.39. The van der Waals surface area contributed by atoms with Crippen LogP contribution in [0.25, 0.3) is 0 Å². The Bertz CT molecular complexity index is 384. The van der Waals surface area contributed by atoms with E-state index in [1.807, 2.05) is 10.9 Å². The van der Waals surface area contributed by atoms with Gasteiger partial charge in [0.05, 0.1) is 19.3 Å². The lowest BCUT2D eigenvalue weighted by Gasteiger charge is -2.22. The summed E-state index contributed by atoms with van der Waals surface area (Å²) in [5, 5.41) is 4.34. The molecule has 2 heterocycles. The first-order chi connectivity index (χ1) is 8.65. The van der Waals surface area contributed by atoms with Gasteiger partial charge in [-0.15, -0.1) is 12.4 Å². The number of hydrogen-bond acceptors (Lipinski definition) is 4. The van der Waals surface area contributed by atoms with E-state index in [4.69, 9.17) is 10.5 Å². The van der Waals surface area contributed by atoms with E-state index < -0.39 is 0 Å². The predicted molar refractivity (Wildman–Crippen MR) is 78.4 cm³/mol. The molecule has 1 aromatic rings. The molecule has 2 N–H and O–H groups in total. The zero-order chi connectivity index (χ0) is 13.0. The first-order valence-electron chi connectivity index (χ1n) is 6.58. The van der Waals surface area contributed by atoms with Crippen molar-refractivity contribution in [3.63, 3.8) is 0 Å². The van der Waals surface area contributed by atoms with Crippen LogP contribution in [0.5, 0.6) is 0 Å². The minimum absolute atomic E-state index is 0. The predicted octanol–water partition coefficient (Wildman–Crippen LogP) is 1.12. The fourth-order valence-electron chi connectivity index (χ4n) is 2.48. The Morgan fingerprint density at radius 2 is 2.32 bits per heavy atom. The molecule has 1 aromatic heterocycles. The molecule has 1 fully saturated rings. The van der Waals surface area contributed by atoms with Gasteiger partial charge in [0, 0.05) is 32.0 Å². The fourth-order valence-corrected chi connectivity index (χ4v) is 2.48. The Morgan fingerprint density at radius 3 is 2.95 bits per heavy atom. The first-order valence-corrected chi connectivity index (χ1v) is 6.58. The van der Waals surface area contributed by atoms with Crippen LogP contribution in [-0.4, -0.2) is 48.0 Å². The van der Waals surface area contributed by atoms with Crippen LogP contribution in [0.15, 0.2) is 12.4 Å². The summed E-state index contributed by atoms with van der Waals surface area (Å²) in [6, 6.07) is 0. The van der Waals surface area contributed by atoms with Gasteiger partial charge in [0.15, 0.2) is 0 Å². The molecule has 0 radical (unpaired) electrons. The van der Waals surface area contributed by atoms with Crippen molar-refractivity contribution in [1.82, 2.24) is 14.7 Å². The fraction of sp³-hybridized carbons (Fsp3) is 0.769. The van der Waals surface area contributed by atoms with Crippen LogP contribution in [0.1, 0.15) is 18.9 Å². The highest BCUT2D eigenvalue weighted by molar-refractivity contribution is 5.85. The quantitative estimate of drug-likeness (QED) is 0.852. The summed E-state index contributed by atoms with van der Waals surface area (Å²) in [6.07, 6.45) is 5.26. The maximum Gasteiger partial charge on any atom is 0.0658 e. The van der Waals surface area contributed by atoms with Gasteiger partial charge in [0.1, 0.15) is 0 Å². The molecule has 0 spiro atoms. The Morgan fingerprint density at radius 1 is 1.53 bits per heavy atom. The van der Waals surface area contributed by atoms with Crippen LogP contribution in [0, 0.1) is 5.41 Å². The van der Waals surface area contributed by atoms with Crippen molar-refractivity contribution < 1.29 is 4.74 Å². The second-order valence-corrected chi connectivity index (χ2v) is 5.58. The highest BCUT2D eigenvalue weighted by Crippen LogP contribution is 2.29. The third-order valence-corrected chi connectivity index (χ3v) is 3.75. The number of halogens is 1. The number of ether oxygens (including phenoxy) is 1. The Balaban J connectivity index is 0.00000180. The molecule has 19 heavy (non-hydrogen) atoms. The normalized spacial score (nSPS) is 23.5. The number of likely N-dealkylation sites (tertiary alicyclic amines) is 1. The number of nitrogens with two attached hydrogens (primary N) is 1. The van der Waals surface area contributed by atoms with E-state index in [-0.39, 0.29) is 12.4 Å². The summed E-state index contributed by atoms with van der Waals surface area (Å²) < 4.78 is 6.99. The van der Waals surface area contributed by atoms with Gasteiger partial charge in [-0.3, -0.25) is 9.58 Å². The summed E-state index contributed by atoms with van der Waals surface area (Å²) in [5.74, 6) is 0. The maximum absolute atomic E-state index is 5.83. The van der Waals surface area contributed by atoms with Crippen molar-refractivity contribution in [1.29, 1.82) is 0 Å². The van der Waals surface area contributed by atoms with E-state index >= 15 is 0 Å². The molecular weight excluding hydrogens is 264 g/mol. The Labute approximate surface area is 121 Å². The SMILES string of the molecule is COCCn1cc(CN2CCC(C)(CN)C2)cn1.Cl. The standard InChI is InChI=1S/C13H24N4O.ClH/c1-13(10-14)3-4-16(11-13)8-12-7-15-17(9-12)5-6-18-2;/h7,9H,3-6,8,10-11,14H2,1-2H3;1H. The van der Waals surface area contributed by atoms with Gasteiger partial charge in [-0.2, -0.15) is 5.10 Å². The molecule has 0 aliphatic carbocycles. The summed E-state index contributed by atoms with van der Waals surface area (Å²) in [6.45, 7) is 7.77. The smallest absolute Gasteiger partial charge is 0.0658 e. The largest absolute Gasteiger partial charge is 0.383 e. The van der Waals surface area contributed by atoms with Gasteiger partial charge in [-0.05, 0) is 24.9 Å². The topological polar surface area (TPSA) is 56.3 Å². The van der Waals surface area contributed by atoms with Gasteiger partial charge in [-0.25, -0.2) is 0 Å². The molecule has 1 unspecified atom stereocenters. The zero-order valence-corrected chi connectivity index (χ0v) is 12.7. The third kappa shape index (κ3) is 4.45. The molecule has 0 amide bonds. The maximum atomic E-state index is 5.83. The van der Waals surface area contributed by atoms with Crippen LogP contribution in [0.4, 0.5) is 0 Å². The van der Waals surface area contributed by atoms with Crippen molar-refractivity contribution >= 4 is 12.4 Å². The Hall–Kier alpha value is -0.620. The highest BCUT2D eigenvalue weighted by atomic mass is 35.5. The molecule has 1 aliphatic rings. The average Bonchev–Trinajstić information content (AvgIpc) is 2.95. The molecule has 0 bridgehead atoms. The van der Waals surface area contributed by atoms with Gasteiger partial charge in [0.2, 0.25) is 0 Å². The lowest BCUT2D eigenvalue weighted by molar-refractivity contribution is 0.183. The van der Waals surface area contributed by atoms with Crippen LogP contribution in [0.2, 0.25) is 0 Å². The van der Waals surface area contributed by atoms with Crippen LogP contribution < -0.4 is 5.73 Å². The second-order valence-electron chi connectivity index (χ2n) is 5.58. The second kappa shape index (κ2) is 7.24. The monoisotopic (exact) mass is 288 g/mol. The van der Waals surface area contributed by atoms with Crippen molar-refractivity contribution in [2.24, 2.45) is 11.1 Å². The van der Waals surface area contributed by atoms with Gasteiger partial charge in [-0.1, -0.05) is 6.92 Å². The zero-order valence-electron chi connectivity index (χ0n) is 11.8. The van der Waals surface area contributed by atoms with Crippen LogP contribution in [-0.2, 0) is 17.8 Å². The molecular formula is C13H25ClN4O. The van der Waals surface area contributed by atoms with E-state index in [9.17, 15) is 0 Å². The number of hydrogen-bond donors (Lipinski definition) is 1. The molecule has 2 rings (SSSR count). The van der Waals surface area contributed by atoms with Crippen molar-refractivity contribution in [3.8, 4) is 0 Å². The highest BCUT2D eigenvalue weighted by Gasteiger charge is 2.32. The molecule has 1 saturated heterocycles. The van der Waals surface area contributed by atoms with Gasteiger partial charge in [0.25, 0.3) is 0 Å². The van der Waals surface area contributed by atoms with Crippen LogP contribution >= 0.6 is 12.4 Å². The molecule has 5 nitrogen and oxygen atoms in total. The van der Waals surface area contributed by atoms with E-state index in [0.29, 0.717) is 12.0 Å².